The molecule has 1 rings (SSSR count). The highest BCUT2D eigenvalue weighted by Crippen LogP contribution is 2.09. The third-order valence-electron chi connectivity index (χ3n) is 1.78. The Labute approximate surface area is 87.9 Å². The molecule has 0 aliphatic carbocycles. The fourth-order valence-electron chi connectivity index (χ4n) is 1.04. The highest BCUT2D eigenvalue weighted by Gasteiger charge is 2.01. The molecular formula is C10H15NO2S. The van der Waals surface area contributed by atoms with E-state index in [-0.39, 0.29) is 5.97 Å². The second kappa shape index (κ2) is 6.56. The summed E-state index contributed by atoms with van der Waals surface area (Å²) in [5.74, 6) is -0.146. The molecule has 0 saturated heterocycles. The Morgan fingerprint density at radius 3 is 3.07 bits per heavy atom. The number of esters is 1. The van der Waals surface area contributed by atoms with Crippen molar-refractivity contribution in [3.8, 4) is 0 Å². The van der Waals surface area contributed by atoms with E-state index in [4.69, 9.17) is 10.5 Å². The maximum absolute atomic E-state index is 11.1. The third kappa shape index (κ3) is 4.39. The Bertz CT molecular complexity index is 259. The van der Waals surface area contributed by atoms with Crippen LogP contribution in [0.3, 0.4) is 0 Å². The molecule has 0 aliphatic rings. The first-order chi connectivity index (χ1) is 6.83. The van der Waals surface area contributed by atoms with Gasteiger partial charge in [-0.15, -0.1) is 11.3 Å². The van der Waals surface area contributed by atoms with Crippen molar-refractivity contribution >= 4 is 17.3 Å². The summed E-state index contributed by atoms with van der Waals surface area (Å²) in [6, 6.07) is 4.04. The van der Waals surface area contributed by atoms with Crippen LogP contribution in [-0.2, 0) is 16.0 Å². The van der Waals surface area contributed by atoms with E-state index in [0.29, 0.717) is 26.0 Å². The summed E-state index contributed by atoms with van der Waals surface area (Å²) >= 11 is 1.68. The summed E-state index contributed by atoms with van der Waals surface area (Å²) in [4.78, 5) is 12.3. The summed E-state index contributed by atoms with van der Waals surface area (Å²) in [5, 5.41) is 2.02. The van der Waals surface area contributed by atoms with E-state index in [1.54, 1.807) is 11.3 Å². The summed E-state index contributed by atoms with van der Waals surface area (Å²) < 4.78 is 5.03. The molecule has 0 atom stereocenters. The first kappa shape index (κ1) is 11.2. The van der Waals surface area contributed by atoms with Gasteiger partial charge in [-0.3, -0.25) is 4.79 Å². The Morgan fingerprint density at radius 1 is 1.57 bits per heavy atom. The van der Waals surface area contributed by atoms with E-state index in [2.05, 4.69) is 0 Å². The summed E-state index contributed by atoms with van der Waals surface area (Å²) in [7, 11) is 0. The van der Waals surface area contributed by atoms with Gasteiger partial charge in [0.1, 0.15) is 0 Å². The molecule has 1 aromatic rings. The number of rotatable bonds is 6. The van der Waals surface area contributed by atoms with Crippen molar-refractivity contribution in [1.82, 2.24) is 0 Å². The monoisotopic (exact) mass is 213 g/mol. The molecule has 0 bridgehead atoms. The minimum absolute atomic E-state index is 0.146. The van der Waals surface area contributed by atoms with E-state index in [1.807, 2.05) is 17.5 Å². The molecule has 1 aromatic heterocycles. The highest BCUT2D eigenvalue weighted by molar-refractivity contribution is 7.09. The lowest BCUT2D eigenvalue weighted by atomic mass is 10.3. The maximum atomic E-state index is 11.1. The second-order valence-electron chi connectivity index (χ2n) is 2.94. The van der Waals surface area contributed by atoms with Gasteiger partial charge in [-0.05, 0) is 24.4 Å². The predicted molar refractivity (Wildman–Crippen MR) is 57.3 cm³/mol. The number of carbonyl (C=O) groups is 1. The quantitative estimate of drug-likeness (QED) is 0.730. The normalized spacial score (nSPS) is 10.1. The smallest absolute Gasteiger partial charge is 0.305 e. The third-order valence-corrected chi connectivity index (χ3v) is 2.71. The molecule has 0 fully saturated rings. The highest BCUT2D eigenvalue weighted by atomic mass is 32.1. The molecule has 3 nitrogen and oxygen atoms in total. The molecule has 0 amide bonds. The van der Waals surface area contributed by atoms with Crippen molar-refractivity contribution < 1.29 is 9.53 Å². The fourth-order valence-corrected chi connectivity index (χ4v) is 1.73. The molecule has 0 saturated carbocycles. The fraction of sp³-hybridized carbons (Fsp3) is 0.500. The average molecular weight is 213 g/mol. The lowest BCUT2D eigenvalue weighted by Gasteiger charge is -2.02. The molecule has 78 valence electrons. The molecule has 0 spiro atoms. The van der Waals surface area contributed by atoms with Crippen LogP contribution in [0, 0.1) is 0 Å². The lowest BCUT2D eigenvalue weighted by molar-refractivity contribution is -0.143. The van der Waals surface area contributed by atoms with E-state index in [1.165, 1.54) is 4.88 Å². The Hall–Kier alpha value is -0.870. The number of nitrogens with two attached hydrogens (primary N) is 1. The van der Waals surface area contributed by atoms with Crippen LogP contribution < -0.4 is 5.73 Å². The number of ether oxygens (including phenoxy) is 1. The van der Waals surface area contributed by atoms with Crippen LogP contribution in [0.2, 0.25) is 0 Å². The van der Waals surface area contributed by atoms with E-state index >= 15 is 0 Å². The van der Waals surface area contributed by atoms with Gasteiger partial charge in [0.05, 0.1) is 6.61 Å². The zero-order valence-corrected chi connectivity index (χ0v) is 8.89. The zero-order chi connectivity index (χ0) is 10.2. The van der Waals surface area contributed by atoms with Gasteiger partial charge in [0, 0.05) is 17.7 Å². The number of hydrogen-bond acceptors (Lipinski definition) is 4. The van der Waals surface area contributed by atoms with Gasteiger partial charge < -0.3 is 10.5 Å². The standard InChI is InChI=1S/C10H15NO2S/c11-6-1-4-10(12)13-7-5-9-3-2-8-14-9/h2-3,8H,1,4-7,11H2. The van der Waals surface area contributed by atoms with Crippen molar-refractivity contribution in [2.75, 3.05) is 13.2 Å². The summed E-state index contributed by atoms with van der Waals surface area (Å²) in [6.45, 7) is 1.02. The maximum Gasteiger partial charge on any atom is 0.305 e. The van der Waals surface area contributed by atoms with Gasteiger partial charge >= 0.3 is 5.97 Å². The van der Waals surface area contributed by atoms with E-state index in [0.717, 1.165) is 6.42 Å². The Morgan fingerprint density at radius 2 is 2.43 bits per heavy atom. The SMILES string of the molecule is NCCCC(=O)OCCc1cccs1. The number of hydrogen-bond donors (Lipinski definition) is 1. The van der Waals surface area contributed by atoms with E-state index in [9.17, 15) is 4.79 Å². The van der Waals surface area contributed by atoms with Gasteiger partial charge in [-0.2, -0.15) is 0 Å². The predicted octanol–water partition coefficient (Wildman–Crippen LogP) is 1.57. The van der Waals surface area contributed by atoms with Gasteiger partial charge in [-0.1, -0.05) is 6.07 Å². The first-order valence-corrected chi connectivity index (χ1v) is 5.59. The number of carbonyl (C=O) groups excluding carboxylic acids is 1. The molecule has 1 heterocycles. The summed E-state index contributed by atoms with van der Waals surface area (Å²) in [5.41, 5.74) is 5.28. The van der Waals surface area contributed by atoms with Crippen LogP contribution in [0.15, 0.2) is 17.5 Å². The molecule has 0 unspecified atom stereocenters. The van der Waals surface area contributed by atoms with Crippen molar-refractivity contribution in [2.45, 2.75) is 19.3 Å². The van der Waals surface area contributed by atoms with Crippen LogP contribution in [-0.4, -0.2) is 19.1 Å². The summed E-state index contributed by atoms with van der Waals surface area (Å²) in [6.07, 6.45) is 1.95. The van der Waals surface area contributed by atoms with Crippen molar-refractivity contribution in [1.29, 1.82) is 0 Å². The molecule has 0 aromatic carbocycles. The van der Waals surface area contributed by atoms with Gasteiger partial charge in [0.2, 0.25) is 0 Å². The Balaban J connectivity index is 2.06. The van der Waals surface area contributed by atoms with Crippen molar-refractivity contribution in [2.24, 2.45) is 5.73 Å². The van der Waals surface area contributed by atoms with Crippen LogP contribution in [0.25, 0.3) is 0 Å². The topological polar surface area (TPSA) is 52.3 Å². The minimum Gasteiger partial charge on any atom is -0.465 e. The molecule has 14 heavy (non-hydrogen) atoms. The van der Waals surface area contributed by atoms with E-state index < -0.39 is 0 Å². The molecule has 0 aliphatic heterocycles. The Kier molecular flexibility index (Phi) is 5.25. The van der Waals surface area contributed by atoms with Crippen LogP contribution in [0.5, 0.6) is 0 Å². The van der Waals surface area contributed by atoms with Crippen LogP contribution in [0.1, 0.15) is 17.7 Å². The van der Waals surface area contributed by atoms with Crippen molar-refractivity contribution in [3.05, 3.63) is 22.4 Å². The lowest BCUT2D eigenvalue weighted by Crippen LogP contribution is -2.09. The molecule has 4 heteroatoms. The van der Waals surface area contributed by atoms with Gasteiger partial charge in [-0.25, -0.2) is 0 Å². The molecule has 2 N–H and O–H groups in total. The second-order valence-corrected chi connectivity index (χ2v) is 3.97. The van der Waals surface area contributed by atoms with Gasteiger partial charge in [0.25, 0.3) is 0 Å². The molecule has 0 radical (unpaired) electrons. The molecular weight excluding hydrogens is 198 g/mol. The van der Waals surface area contributed by atoms with Gasteiger partial charge in [0.15, 0.2) is 0 Å². The number of thiophene rings is 1. The van der Waals surface area contributed by atoms with Crippen molar-refractivity contribution in [3.63, 3.8) is 0 Å². The minimum atomic E-state index is -0.146. The first-order valence-electron chi connectivity index (χ1n) is 4.71. The zero-order valence-electron chi connectivity index (χ0n) is 8.07. The van der Waals surface area contributed by atoms with Crippen LogP contribution in [0.4, 0.5) is 0 Å². The largest absolute Gasteiger partial charge is 0.465 e. The van der Waals surface area contributed by atoms with Crippen LogP contribution >= 0.6 is 11.3 Å². The average Bonchev–Trinajstić information content (AvgIpc) is 2.67.